The first-order chi connectivity index (χ1) is 6.24. The summed E-state index contributed by atoms with van der Waals surface area (Å²) >= 11 is 0.925. The van der Waals surface area contributed by atoms with E-state index >= 15 is 0 Å². The predicted molar refractivity (Wildman–Crippen MR) is 42.9 cm³/mol. The average Bonchev–Trinajstić information content (AvgIpc) is 2.66. The fraction of sp³-hybridized carbons (Fsp3) is 0.200. The number of nitrogens with zero attached hydrogens (tertiary/aromatic N) is 2. The van der Waals surface area contributed by atoms with Gasteiger partial charge >= 0.3 is 6.09 Å². The molecule has 1 aromatic rings. The average molecular weight is 202 g/mol. The van der Waals surface area contributed by atoms with E-state index in [-0.39, 0.29) is 0 Å². The molecule has 70 valence electrons. The Hall–Kier alpha value is -1.70. The normalized spacial score (nSPS) is 9.00. The first-order valence-electron chi connectivity index (χ1n) is 3.15. The standard InChI is InChI=1S/C5H6N4O3S/c1-12-5(11)8-7-4(10)3-2-6-9-13-3/h2H,1H3,(H,7,10)(H,8,11). The lowest BCUT2D eigenvalue weighted by molar-refractivity contribution is 0.0924. The largest absolute Gasteiger partial charge is 0.452 e. The minimum absolute atomic E-state index is 0.302. The molecule has 0 saturated heterocycles. The first-order valence-corrected chi connectivity index (χ1v) is 3.93. The van der Waals surface area contributed by atoms with Gasteiger partial charge in [-0.3, -0.25) is 10.2 Å². The van der Waals surface area contributed by atoms with Crippen LogP contribution < -0.4 is 10.9 Å². The van der Waals surface area contributed by atoms with Crippen LogP contribution in [0.25, 0.3) is 0 Å². The third-order valence-electron chi connectivity index (χ3n) is 1.05. The number of amides is 2. The Labute approximate surface area is 77.2 Å². The van der Waals surface area contributed by atoms with Gasteiger partial charge in [-0.2, -0.15) is 0 Å². The molecule has 2 amide bonds. The van der Waals surface area contributed by atoms with Crippen LogP contribution in [0.5, 0.6) is 0 Å². The van der Waals surface area contributed by atoms with Gasteiger partial charge in [0.2, 0.25) is 0 Å². The molecule has 2 N–H and O–H groups in total. The van der Waals surface area contributed by atoms with Crippen molar-refractivity contribution in [1.29, 1.82) is 0 Å². The molecule has 0 atom stereocenters. The summed E-state index contributed by atoms with van der Waals surface area (Å²) in [5.74, 6) is -0.486. The van der Waals surface area contributed by atoms with Crippen molar-refractivity contribution in [3.05, 3.63) is 11.1 Å². The van der Waals surface area contributed by atoms with Crippen LogP contribution in [0, 0.1) is 0 Å². The van der Waals surface area contributed by atoms with Crippen LogP contribution in [-0.2, 0) is 4.74 Å². The van der Waals surface area contributed by atoms with Crippen LogP contribution in [0.1, 0.15) is 9.67 Å². The predicted octanol–water partition coefficient (Wildman–Crippen LogP) is -0.461. The number of aromatic nitrogens is 2. The zero-order chi connectivity index (χ0) is 9.68. The molecule has 7 nitrogen and oxygen atoms in total. The van der Waals surface area contributed by atoms with E-state index in [9.17, 15) is 9.59 Å². The Balaban J connectivity index is 2.39. The molecule has 1 aromatic heterocycles. The van der Waals surface area contributed by atoms with Crippen LogP contribution in [0.2, 0.25) is 0 Å². The van der Waals surface area contributed by atoms with Gasteiger partial charge in [0, 0.05) is 0 Å². The second-order valence-electron chi connectivity index (χ2n) is 1.85. The lowest BCUT2D eigenvalue weighted by Gasteiger charge is -2.02. The van der Waals surface area contributed by atoms with Crippen LogP contribution in [0.3, 0.4) is 0 Å². The molecule has 1 heterocycles. The fourth-order valence-electron chi connectivity index (χ4n) is 0.488. The Kier molecular flexibility index (Phi) is 3.15. The van der Waals surface area contributed by atoms with E-state index < -0.39 is 12.0 Å². The van der Waals surface area contributed by atoms with E-state index in [2.05, 4.69) is 19.7 Å². The number of methoxy groups -OCH3 is 1. The van der Waals surface area contributed by atoms with Gasteiger partial charge < -0.3 is 4.74 Å². The highest BCUT2D eigenvalue weighted by molar-refractivity contribution is 7.07. The third kappa shape index (κ3) is 2.67. The minimum Gasteiger partial charge on any atom is -0.452 e. The topological polar surface area (TPSA) is 93.2 Å². The second-order valence-corrected chi connectivity index (χ2v) is 2.64. The maximum absolute atomic E-state index is 11.1. The maximum atomic E-state index is 11.1. The maximum Gasteiger partial charge on any atom is 0.425 e. The van der Waals surface area contributed by atoms with E-state index in [0.29, 0.717) is 4.88 Å². The number of hydrazine groups is 1. The highest BCUT2D eigenvalue weighted by Crippen LogP contribution is 1.99. The summed E-state index contributed by atoms with van der Waals surface area (Å²) in [7, 11) is 1.19. The monoisotopic (exact) mass is 202 g/mol. The Morgan fingerprint density at radius 1 is 1.54 bits per heavy atom. The molecular weight excluding hydrogens is 196 g/mol. The van der Waals surface area contributed by atoms with Gasteiger partial charge in [0.1, 0.15) is 4.88 Å². The molecule has 0 unspecified atom stereocenters. The third-order valence-corrected chi connectivity index (χ3v) is 1.71. The molecule has 0 aromatic carbocycles. The smallest absolute Gasteiger partial charge is 0.425 e. The molecular formula is C5H6N4O3S. The molecule has 1 rings (SSSR count). The summed E-state index contributed by atoms with van der Waals surface area (Å²) in [5, 5.41) is 3.45. The van der Waals surface area contributed by atoms with E-state index in [1.807, 2.05) is 5.43 Å². The highest BCUT2D eigenvalue weighted by atomic mass is 32.1. The second kappa shape index (κ2) is 4.36. The first kappa shape index (κ1) is 9.39. The summed E-state index contributed by atoms with van der Waals surface area (Å²) in [6.45, 7) is 0. The number of carbonyl (C=O) groups excluding carboxylic acids is 2. The molecule has 0 aliphatic carbocycles. The zero-order valence-electron chi connectivity index (χ0n) is 6.60. The number of rotatable bonds is 1. The quantitative estimate of drug-likeness (QED) is 0.601. The summed E-state index contributed by atoms with van der Waals surface area (Å²) < 4.78 is 7.70. The van der Waals surface area contributed by atoms with Crippen LogP contribution in [-0.4, -0.2) is 28.7 Å². The van der Waals surface area contributed by atoms with Gasteiger partial charge in [0.05, 0.1) is 13.3 Å². The summed E-state index contributed by atoms with van der Waals surface area (Å²) in [6, 6.07) is 0. The number of carbonyl (C=O) groups is 2. The molecule has 0 spiro atoms. The van der Waals surface area contributed by atoms with E-state index in [1.54, 1.807) is 0 Å². The van der Waals surface area contributed by atoms with Crippen molar-refractivity contribution in [3.63, 3.8) is 0 Å². The Morgan fingerprint density at radius 3 is 2.85 bits per heavy atom. The molecule has 0 saturated carbocycles. The molecule has 13 heavy (non-hydrogen) atoms. The van der Waals surface area contributed by atoms with Crippen LogP contribution in [0.15, 0.2) is 6.20 Å². The fourth-order valence-corrected chi connectivity index (χ4v) is 0.898. The van der Waals surface area contributed by atoms with E-state index in [1.165, 1.54) is 13.3 Å². The van der Waals surface area contributed by atoms with Crippen molar-refractivity contribution < 1.29 is 14.3 Å². The van der Waals surface area contributed by atoms with E-state index in [0.717, 1.165) is 11.5 Å². The lowest BCUT2D eigenvalue weighted by atomic mass is 10.5. The summed E-state index contributed by atoms with van der Waals surface area (Å²) in [5.41, 5.74) is 4.11. The van der Waals surface area contributed by atoms with Gasteiger partial charge in [-0.1, -0.05) is 4.49 Å². The van der Waals surface area contributed by atoms with Crippen molar-refractivity contribution in [2.24, 2.45) is 0 Å². The lowest BCUT2D eigenvalue weighted by Crippen LogP contribution is -2.41. The zero-order valence-corrected chi connectivity index (χ0v) is 7.42. The molecule has 0 aliphatic rings. The molecule has 0 fully saturated rings. The Bertz CT molecular complexity index is 299. The summed E-state index contributed by atoms with van der Waals surface area (Å²) in [4.78, 5) is 21.9. The molecule has 0 radical (unpaired) electrons. The molecule has 0 bridgehead atoms. The summed E-state index contributed by atoms with van der Waals surface area (Å²) in [6.07, 6.45) is 0.546. The highest BCUT2D eigenvalue weighted by Gasteiger charge is 2.08. The number of nitrogens with one attached hydrogen (secondary N) is 2. The SMILES string of the molecule is COC(=O)NNC(=O)c1cnns1. The van der Waals surface area contributed by atoms with Crippen molar-refractivity contribution in [2.75, 3.05) is 7.11 Å². The van der Waals surface area contributed by atoms with Crippen molar-refractivity contribution >= 4 is 23.5 Å². The number of hydrogen-bond donors (Lipinski definition) is 2. The Morgan fingerprint density at radius 2 is 2.31 bits per heavy atom. The van der Waals surface area contributed by atoms with Crippen LogP contribution in [0.4, 0.5) is 4.79 Å². The van der Waals surface area contributed by atoms with Gasteiger partial charge in [0.25, 0.3) is 5.91 Å². The van der Waals surface area contributed by atoms with Gasteiger partial charge in [-0.05, 0) is 11.5 Å². The minimum atomic E-state index is -0.745. The van der Waals surface area contributed by atoms with Gasteiger partial charge in [-0.15, -0.1) is 5.10 Å². The van der Waals surface area contributed by atoms with Crippen molar-refractivity contribution in [1.82, 2.24) is 20.4 Å². The number of ether oxygens (including phenoxy) is 1. The van der Waals surface area contributed by atoms with Gasteiger partial charge in [0.15, 0.2) is 0 Å². The van der Waals surface area contributed by atoms with Crippen LogP contribution >= 0.6 is 11.5 Å². The van der Waals surface area contributed by atoms with E-state index in [4.69, 9.17) is 0 Å². The van der Waals surface area contributed by atoms with Crippen molar-refractivity contribution in [2.45, 2.75) is 0 Å². The van der Waals surface area contributed by atoms with Gasteiger partial charge in [-0.25, -0.2) is 10.2 Å². The molecule has 8 heteroatoms. The van der Waals surface area contributed by atoms with Crippen molar-refractivity contribution in [3.8, 4) is 0 Å². The molecule has 0 aliphatic heterocycles. The number of hydrogen-bond acceptors (Lipinski definition) is 6.